The van der Waals surface area contributed by atoms with Crippen molar-refractivity contribution < 1.29 is 4.39 Å². The predicted molar refractivity (Wildman–Crippen MR) is 80.3 cm³/mol. The van der Waals surface area contributed by atoms with Crippen LogP contribution in [0.15, 0.2) is 45.3 Å². The molecule has 0 aliphatic carbocycles. The zero-order chi connectivity index (χ0) is 13.1. The van der Waals surface area contributed by atoms with E-state index < -0.39 is 0 Å². The maximum Gasteiger partial charge on any atom is 0.124 e. The highest BCUT2D eigenvalue weighted by Gasteiger charge is 2.03. The van der Waals surface area contributed by atoms with Gasteiger partial charge >= 0.3 is 0 Å². The SMILES string of the molecule is Cc1ccc(Br)c(NCc2ccc(F)cc2Br)c1. The van der Waals surface area contributed by atoms with Crippen LogP contribution >= 0.6 is 31.9 Å². The molecule has 0 saturated carbocycles. The molecule has 18 heavy (non-hydrogen) atoms. The summed E-state index contributed by atoms with van der Waals surface area (Å²) >= 11 is 6.86. The van der Waals surface area contributed by atoms with Gasteiger partial charge in [-0.25, -0.2) is 4.39 Å². The van der Waals surface area contributed by atoms with Gasteiger partial charge in [-0.2, -0.15) is 0 Å². The minimum absolute atomic E-state index is 0.234. The molecule has 0 saturated heterocycles. The zero-order valence-corrected chi connectivity index (χ0v) is 13.0. The molecule has 0 spiro atoms. The molecule has 1 nitrogen and oxygen atoms in total. The summed E-state index contributed by atoms with van der Waals surface area (Å²) in [6, 6.07) is 10.8. The number of aryl methyl sites for hydroxylation is 1. The minimum atomic E-state index is -0.234. The van der Waals surface area contributed by atoms with E-state index in [1.165, 1.54) is 17.7 Å². The molecular weight excluding hydrogens is 361 g/mol. The fourth-order valence-electron chi connectivity index (χ4n) is 1.63. The summed E-state index contributed by atoms with van der Waals surface area (Å²) in [6.07, 6.45) is 0. The van der Waals surface area contributed by atoms with E-state index in [0.29, 0.717) is 6.54 Å². The Kier molecular flexibility index (Phi) is 4.40. The van der Waals surface area contributed by atoms with E-state index in [2.05, 4.69) is 43.2 Å². The number of anilines is 1. The van der Waals surface area contributed by atoms with Gasteiger partial charge in [0.05, 0.1) is 0 Å². The van der Waals surface area contributed by atoms with Gasteiger partial charge in [0.2, 0.25) is 0 Å². The van der Waals surface area contributed by atoms with E-state index in [4.69, 9.17) is 0 Å². The highest BCUT2D eigenvalue weighted by Crippen LogP contribution is 2.25. The summed E-state index contributed by atoms with van der Waals surface area (Å²) in [5.41, 5.74) is 3.25. The van der Waals surface area contributed by atoms with E-state index >= 15 is 0 Å². The smallest absolute Gasteiger partial charge is 0.124 e. The van der Waals surface area contributed by atoms with Crippen molar-refractivity contribution in [2.24, 2.45) is 0 Å². The molecule has 0 bridgehead atoms. The van der Waals surface area contributed by atoms with Crippen LogP contribution in [0.1, 0.15) is 11.1 Å². The van der Waals surface area contributed by atoms with Gasteiger partial charge in [-0.3, -0.25) is 0 Å². The van der Waals surface area contributed by atoms with Crippen LogP contribution in [0.2, 0.25) is 0 Å². The molecule has 0 fully saturated rings. The van der Waals surface area contributed by atoms with Crippen molar-refractivity contribution in [2.45, 2.75) is 13.5 Å². The standard InChI is InChI=1S/C14H12Br2FN/c1-9-2-5-12(15)14(6-9)18-8-10-3-4-11(17)7-13(10)16/h2-7,18H,8H2,1H3. The fourth-order valence-corrected chi connectivity index (χ4v) is 2.51. The number of rotatable bonds is 3. The van der Waals surface area contributed by atoms with Crippen LogP contribution < -0.4 is 5.32 Å². The second-order valence-electron chi connectivity index (χ2n) is 4.07. The van der Waals surface area contributed by atoms with E-state index in [1.807, 2.05) is 19.1 Å². The third kappa shape index (κ3) is 3.33. The van der Waals surface area contributed by atoms with Crippen molar-refractivity contribution in [2.75, 3.05) is 5.32 Å². The van der Waals surface area contributed by atoms with Crippen molar-refractivity contribution >= 4 is 37.5 Å². The quantitative estimate of drug-likeness (QED) is 0.773. The first-order valence-electron chi connectivity index (χ1n) is 5.50. The highest BCUT2D eigenvalue weighted by molar-refractivity contribution is 9.10. The van der Waals surface area contributed by atoms with Crippen LogP contribution in [-0.4, -0.2) is 0 Å². The van der Waals surface area contributed by atoms with Gasteiger partial charge < -0.3 is 5.32 Å². The number of benzene rings is 2. The number of nitrogens with one attached hydrogen (secondary N) is 1. The normalized spacial score (nSPS) is 10.4. The lowest BCUT2D eigenvalue weighted by atomic mass is 10.2. The maximum absolute atomic E-state index is 13.0. The maximum atomic E-state index is 13.0. The summed E-state index contributed by atoms with van der Waals surface area (Å²) in [4.78, 5) is 0. The Morgan fingerprint density at radius 1 is 1.06 bits per heavy atom. The minimum Gasteiger partial charge on any atom is -0.380 e. The van der Waals surface area contributed by atoms with Gasteiger partial charge in [0.1, 0.15) is 5.82 Å². The predicted octanol–water partition coefficient (Wildman–Crippen LogP) is 5.27. The third-order valence-corrected chi connectivity index (χ3v) is 4.04. The average molecular weight is 373 g/mol. The number of halogens is 3. The first kappa shape index (κ1) is 13.6. The lowest BCUT2D eigenvalue weighted by Gasteiger charge is -2.11. The molecule has 2 aromatic carbocycles. The molecule has 0 amide bonds. The van der Waals surface area contributed by atoms with E-state index in [-0.39, 0.29) is 5.82 Å². The zero-order valence-electron chi connectivity index (χ0n) is 9.81. The molecule has 1 N–H and O–H groups in total. The van der Waals surface area contributed by atoms with Crippen LogP contribution in [0.3, 0.4) is 0 Å². The Morgan fingerprint density at radius 3 is 2.56 bits per heavy atom. The Bertz CT molecular complexity index is 570. The van der Waals surface area contributed by atoms with E-state index in [0.717, 1.165) is 20.2 Å². The van der Waals surface area contributed by atoms with Crippen molar-refractivity contribution in [3.8, 4) is 0 Å². The second-order valence-corrected chi connectivity index (χ2v) is 5.78. The van der Waals surface area contributed by atoms with Gasteiger partial charge in [-0.15, -0.1) is 0 Å². The first-order valence-corrected chi connectivity index (χ1v) is 7.09. The molecule has 4 heteroatoms. The molecule has 2 aromatic rings. The molecule has 0 aliphatic rings. The Hall–Kier alpha value is -0.870. The molecule has 0 atom stereocenters. The van der Waals surface area contributed by atoms with Crippen LogP contribution in [0, 0.1) is 12.7 Å². The summed E-state index contributed by atoms with van der Waals surface area (Å²) in [5.74, 6) is -0.234. The van der Waals surface area contributed by atoms with Crippen LogP contribution in [-0.2, 0) is 6.54 Å². The van der Waals surface area contributed by atoms with E-state index in [9.17, 15) is 4.39 Å². The molecule has 0 heterocycles. The Balaban J connectivity index is 2.13. The highest BCUT2D eigenvalue weighted by atomic mass is 79.9. The van der Waals surface area contributed by atoms with Crippen molar-refractivity contribution in [1.82, 2.24) is 0 Å². The van der Waals surface area contributed by atoms with Gasteiger partial charge in [-0.1, -0.05) is 28.1 Å². The number of hydrogen-bond acceptors (Lipinski definition) is 1. The van der Waals surface area contributed by atoms with Crippen LogP contribution in [0.25, 0.3) is 0 Å². The summed E-state index contributed by atoms with van der Waals surface area (Å²) < 4.78 is 14.8. The lowest BCUT2D eigenvalue weighted by molar-refractivity contribution is 0.626. The van der Waals surface area contributed by atoms with E-state index in [1.54, 1.807) is 6.07 Å². The second kappa shape index (κ2) is 5.85. The van der Waals surface area contributed by atoms with Crippen LogP contribution in [0.5, 0.6) is 0 Å². The molecule has 94 valence electrons. The topological polar surface area (TPSA) is 12.0 Å². The van der Waals surface area contributed by atoms with Crippen LogP contribution in [0.4, 0.5) is 10.1 Å². The lowest BCUT2D eigenvalue weighted by Crippen LogP contribution is -2.01. The van der Waals surface area contributed by atoms with Gasteiger partial charge in [-0.05, 0) is 58.2 Å². The Morgan fingerprint density at radius 2 is 1.83 bits per heavy atom. The molecule has 0 unspecified atom stereocenters. The summed E-state index contributed by atoms with van der Waals surface area (Å²) in [7, 11) is 0. The monoisotopic (exact) mass is 371 g/mol. The van der Waals surface area contributed by atoms with Gasteiger partial charge in [0, 0.05) is 21.2 Å². The fraction of sp³-hybridized carbons (Fsp3) is 0.143. The summed E-state index contributed by atoms with van der Waals surface area (Å²) in [5, 5.41) is 3.33. The largest absolute Gasteiger partial charge is 0.380 e. The summed E-state index contributed by atoms with van der Waals surface area (Å²) in [6.45, 7) is 2.69. The average Bonchev–Trinajstić information content (AvgIpc) is 2.32. The third-order valence-electron chi connectivity index (χ3n) is 2.61. The molecule has 0 radical (unpaired) electrons. The van der Waals surface area contributed by atoms with Gasteiger partial charge in [0.15, 0.2) is 0 Å². The molecule has 0 aliphatic heterocycles. The van der Waals surface area contributed by atoms with Crippen molar-refractivity contribution in [1.29, 1.82) is 0 Å². The molecular formula is C14H12Br2FN. The first-order chi connectivity index (χ1) is 8.56. The van der Waals surface area contributed by atoms with Crippen molar-refractivity contribution in [3.63, 3.8) is 0 Å². The van der Waals surface area contributed by atoms with Gasteiger partial charge in [0.25, 0.3) is 0 Å². The molecule has 0 aromatic heterocycles. The molecule has 2 rings (SSSR count). The van der Waals surface area contributed by atoms with Crippen molar-refractivity contribution in [3.05, 3.63) is 62.3 Å². The number of hydrogen-bond donors (Lipinski definition) is 1. The Labute approximate surface area is 123 Å².